The minimum Gasteiger partial charge on any atom is -0.339 e. The van der Waals surface area contributed by atoms with E-state index in [0.29, 0.717) is 15.8 Å². The number of rotatable bonds is 2. The zero-order chi connectivity index (χ0) is 18.1. The van der Waals surface area contributed by atoms with Gasteiger partial charge in [-0.05, 0) is 61.4 Å². The summed E-state index contributed by atoms with van der Waals surface area (Å²) in [6, 6.07) is 9.93. The summed E-state index contributed by atoms with van der Waals surface area (Å²) in [4.78, 5) is 17.5. The molecule has 1 aliphatic heterocycles. The first-order chi connectivity index (χ1) is 11.9. The van der Waals surface area contributed by atoms with E-state index in [1.54, 1.807) is 6.07 Å². The van der Waals surface area contributed by atoms with E-state index in [1.807, 2.05) is 56.7 Å². The van der Waals surface area contributed by atoms with E-state index in [4.69, 9.17) is 5.26 Å². The van der Waals surface area contributed by atoms with Crippen molar-refractivity contribution in [1.29, 1.82) is 5.26 Å². The molecular weight excluding hydrogens is 332 g/mol. The number of aryl methyl sites for hydroxylation is 2. The third-order valence-corrected chi connectivity index (χ3v) is 5.19. The Labute approximate surface area is 151 Å². The lowest BCUT2D eigenvalue weighted by Gasteiger charge is -2.04. The number of thioether (sulfide) groups is 1. The van der Waals surface area contributed by atoms with Crippen LogP contribution in [0.1, 0.15) is 28.1 Å². The average Bonchev–Trinajstić information content (AvgIpc) is 3.05. The monoisotopic (exact) mass is 350 g/mol. The first-order valence-corrected chi connectivity index (χ1v) is 8.64. The van der Waals surface area contributed by atoms with Crippen LogP contribution in [0.2, 0.25) is 0 Å². The number of nitriles is 1. The molecule has 25 heavy (non-hydrogen) atoms. The topological polar surface area (TPSA) is 70.2 Å². The van der Waals surface area contributed by atoms with E-state index in [9.17, 15) is 4.79 Å². The molecule has 1 amide bonds. The SMILES string of the molecule is Cc1cccc(C)c1N=C1NC(=O)/C(=C/c2cc(C#N)n(C)c2C)S1. The Hall–Kier alpha value is -2.78. The van der Waals surface area contributed by atoms with Gasteiger partial charge in [0.15, 0.2) is 5.17 Å². The molecular formula is C19H18N4OS. The van der Waals surface area contributed by atoms with Crippen LogP contribution in [0.3, 0.4) is 0 Å². The molecule has 0 spiro atoms. The van der Waals surface area contributed by atoms with Crippen LogP contribution in [0.25, 0.3) is 6.08 Å². The van der Waals surface area contributed by atoms with E-state index < -0.39 is 0 Å². The maximum absolute atomic E-state index is 12.3. The summed E-state index contributed by atoms with van der Waals surface area (Å²) in [6.45, 7) is 5.93. The molecule has 0 unspecified atom stereocenters. The smallest absolute Gasteiger partial charge is 0.264 e. The first kappa shape index (κ1) is 17.1. The number of carbonyl (C=O) groups excluding carboxylic acids is 1. The lowest BCUT2D eigenvalue weighted by atomic mass is 10.1. The fraction of sp³-hybridized carbons (Fsp3) is 0.211. The summed E-state index contributed by atoms with van der Waals surface area (Å²) in [5, 5.41) is 12.5. The highest BCUT2D eigenvalue weighted by Crippen LogP contribution is 2.31. The lowest BCUT2D eigenvalue weighted by Crippen LogP contribution is -2.19. The van der Waals surface area contributed by atoms with Crippen molar-refractivity contribution in [2.75, 3.05) is 0 Å². The summed E-state index contributed by atoms with van der Waals surface area (Å²) < 4.78 is 1.82. The van der Waals surface area contributed by atoms with Crippen molar-refractivity contribution in [3.63, 3.8) is 0 Å². The second-order valence-corrected chi connectivity index (χ2v) is 6.99. The molecule has 2 aromatic rings. The Balaban J connectivity index is 1.93. The summed E-state index contributed by atoms with van der Waals surface area (Å²) in [5.41, 5.74) is 5.39. The van der Waals surface area contributed by atoms with Gasteiger partial charge in [-0.15, -0.1) is 0 Å². The fourth-order valence-electron chi connectivity index (χ4n) is 2.68. The van der Waals surface area contributed by atoms with E-state index in [2.05, 4.69) is 16.4 Å². The van der Waals surface area contributed by atoms with Crippen LogP contribution in [0, 0.1) is 32.1 Å². The van der Waals surface area contributed by atoms with Crippen molar-refractivity contribution >= 4 is 34.6 Å². The van der Waals surface area contributed by atoms with Crippen LogP contribution in [0.15, 0.2) is 34.2 Å². The highest BCUT2D eigenvalue weighted by molar-refractivity contribution is 8.18. The van der Waals surface area contributed by atoms with Crippen molar-refractivity contribution < 1.29 is 4.79 Å². The highest BCUT2D eigenvalue weighted by Gasteiger charge is 2.25. The number of nitrogens with zero attached hydrogens (tertiary/aromatic N) is 3. The Bertz CT molecular complexity index is 956. The molecule has 0 saturated carbocycles. The molecule has 3 rings (SSSR count). The van der Waals surface area contributed by atoms with Gasteiger partial charge in [0.1, 0.15) is 11.8 Å². The molecule has 5 nitrogen and oxygen atoms in total. The van der Waals surface area contributed by atoms with Crippen LogP contribution in [0.4, 0.5) is 5.69 Å². The van der Waals surface area contributed by atoms with Crippen molar-refractivity contribution in [2.45, 2.75) is 20.8 Å². The number of benzene rings is 1. The zero-order valence-corrected chi connectivity index (χ0v) is 15.4. The average molecular weight is 350 g/mol. The number of aromatic nitrogens is 1. The third kappa shape index (κ3) is 3.24. The zero-order valence-electron chi connectivity index (χ0n) is 14.5. The number of hydrogen-bond donors (Lipinski definition) is 1. The van der Waals surface area contributed by atoms with Gasteiger partial charge in [-0.3, -0.25) is 4.79 Å². The van der Waals surface area contributed by atoms with Gasteiger partial charge in [-0.1, -0.05) is 18.2 Å². The van der Waals surface area contributed by atoms with Crippen LogP contribution < -0.4 is 5.32 Å². The molecule has 1 N–H and O–H groups in total. The van der Waals surface area contributed by atoms with Gasteiger partial charge in [0.2, 0.25) is 0 Å². The standard InChI is InChI=1S/C19H18N4OS/c1-11-6-5-7-12(2)17(11)21-19-22-18(24)16(25-19)9-14-8-15(10-20)23(4)13(14)3/h5-9H,1-4H3,(H,21,22,24)/b16-9-. The van der Waals surface area contributed by atoms with Gasteiger partial charge in [0.25, 0.3) is 5.91 Å². The van der Waals surface area contributed by atoms with E-state index >= 15 is 0 Å². The molecule has 1 aromatic heterocycles. The summed E-state index contributed by atoms with van der Waals surface area (Å²) in [5.74, 6) is -0.170. The Morgan fingerprint density at radius 1 is 1.28 bits per heavy atom. The Morgan fingerprint density at radius 2 is 1.96 bits per heavy atom. The molecule has 0 radical (unpaired) electrons. The minimum atomic E-state index is -0.170. The Morgan fingerprint density at radius 3 is 2.56 bits per heavy atom. The second kappa shape index (κ2) is 6.61. The van der Waals surface area contributed by atoms with Crippen LogP contribution in [-0.4, -0.2) is 15.6 Å². The quantitative estimate of drug-likeness (QED) is 0.839. The molecule has 0 atom stereocenters. The predicted molar refractivity (Wildman–Crippen MR) is 102 cm³/mol. The molecule has 126 valence electrons. The highest BCUT2D eigenvalue weighted by atomic mass is 32.2. The number of carbonyl (C=O) groups is 1. The molecule has 6 heteroatoms. The summed E-state index contributed by atoms with van der Waals surface area (Å²) in [7, 11) is 1.84. The van der Waals surface area contributed by atoms with Gasteiger partial charge in [-0.2, -0.15) is 5.26 Å². The second-order valence-electron chi connectivity index (χ2n) is 5.96. The number of para-hydroxylation sites is 1. The number of amides is 1. The third-order valence-electron chi connectivity index (χ3n) is 4.28. The maximum Gasteiger partial charge on any atom is 0.264 e. The van der Waals surface area contributed by atoms with Crippen molar-refractivity contribution in [3.8, 4) is 6.07 Å². The number of amidine groups is 1. The first-order valence-electron chi connectivity index (χ1n) is 7.83. The molecule has 0 aliphatic carbocycles. The molecule has 2 heterocycles. The maximum atomic E-state index is 12.3. The fourth-order valence-corrected chi connectivity index (χ4v) is 3.50. The van der Waals surface area contributed by atoms with Gasteiger partial charge < -0.3 is 9.88 Å². The van der Waals surface area contributed by atoms with Gasteiger partial charge >= 0.3 is 0 Å². The molecule has 1 aromatic carbocycles. The number of aliphatic imine (C=N–C) groups is 1. The van der Waals surface area contributed by atoms with E-state index in [1.165, 1.54) is 11.8 Å². The molecule has 1 saturated heterocycles. The summed E-state index contributed by atoms with van der Waals surface area (Å²) in [6.07, 6.45) is 1.81. The van der Waals surface area contributed by atoms with Crippen LogP contribution >= 0.6 is 11.8 Å². The summed E-state index contributed by atoms with van der Waals surface area (Å²) >= 11 is 1.32. The van der Waals surface area contributed by atoms with E-state index in [0.717, 1.165) is 28.1 Å². The van der Waals surface area contributed by atoms with Crippen LogP contribution in [0.5, 0.6) is 0 Å². The van der Waals surface area contributed by atoms with Crippen molar-refractivity contribution in [2.24, 2.45) is 12.0 Å². The van der Waals surface area contributed by atoms with E-state index in [-0.39, 0.29) is 5.91 Å². The molecule has 1 aliphatic rings. The van der Waals surface area contributed by atoms with Crippen molar-refractivity contribution in [3.05, 3.63) is 57.2 Å². The molecule has 1 fully saturated rings. The number of hydrogen-bond acceptors (Lipinski definition) is 4. The van der Waals surface area contributed by atoms with Crippen LogP contribution in [-0.2, 0) is 11.8 Å². The lowest BCUT2D eigenvalue weighted by molar-refractivity contribution is -0.115. The largest absolute Gasteiger partial charge is 0.339 e. The number of nitrogens with one attached hydrogen (secondary N) is 1. The Kier molecular flexibility index (Phi) is 4.51. The van der Waals surface area contributed by atoms with Gasteiger partial charge in [-0.25, -0.2) is 4.99 Å². The minimum absolute atomic E-state index is 0.170. The van der Waals surface area contributed by atoms with Gasteiger partial charge in [0.05, 0.1) is 10.6 Å². The van der Waals surface area contributed by atoms with Gasteiger partial charge in [0, 0.05) is 12.7 Å². The predicted octanol–water partition coefficient (Wildman–Crippen LogP) is 3.71. The van der Waals surface area contributed by atoms with Crippen molar-refractivity contribution in [1.82, 2.24) is 9.88 Å². The normalized spacial score (nSPS) is 17.2. The molecule has 0 bridgehead atoms.